The van der Waals surface area contributed by atoms with Crippen LogP contribution in [0.2, 0.25) is 5.02 Å². The molecule has 0 aliphatic carbocycles. The van der Waals surface area contributed by atoms with Crippen molar-refractivity contribution in [3.8, 4) is 0 Å². The summed E-state index contributed by atoms with van der Waals surface area (Å²) in [6.07, 6.45) is 1.66. The molecule has 1 aromatic rings. The fraction of sp³-hybridized carbons (Fsp3) is 0.300. The third kappa shape index (κ3) is 1.84. The third-order valence-electron chi connectivity index (χ3n) is 2.30. The number of rotatable bonds is 1. The summed E-state index contributed by atoms with van der Waals surface area (Å²) in [7, 11) is 0. The molecule has 1 aromatic carbocycles. The number of aromatic carboxylic acids is 1. The minimum Gasteiger partial charge on any atom is -0.478 e. The van der Waals surface area contributed by atoms with E-state index in [2.05, 4.69) is 0 Å². The van der Waals surface area contributed by atoms with Gasteiger partial charge in [-0.1, -0.05) is 11.6 Å². The minimum atomic E-state index is -1.16. The highest BCUT2D eigenvalue weighted by molar-refractivity contribution is 7.99. The summed E-state index contributed by atoms with van der Waals surface area (Å²) >= 11 is 7.09. The summed E-state index contributed by atoms with van der Waals surface area (Å²) in [6.45, 7) is 0. The van der Waals surface area contributed by atoms with Crippen molar-refractivity contribution in [2.45, 2.75) is 17.7 Å². The van der Waals surface area contributed by atoms with Gasteiger partial charge in [-0.05, 0) is 30.2 Å². The Balaban J connectivity index is 2.68. The van der Waals surface area contributed by atoms with E-state index in [1.807, 2.05) is 0 Å². The van der Waals surface area contributed by atoms with Crippen molar-refractivity contribution in [3.05, 3.63) is 28.0 Å². The number of carbonyl (C=O) groups is 1. The van der Waals surface area contributed by atoms with Crippen molar-refractivity contribution in [2.24, 2.45) is 0 Å². The Morgan fingerprint density at radius 2 is 2.33 bits per heavy atom. The monoisotopic (exact) mass is 246 g/mol. The molecule has 0 fully saturated rings. The Morgan fingerprint density at radius 3 is 3.00 bits per heavy atom. The summed E-state index contributed by atoms with van der Waals surface area (Å²) < 4.78 is 13.3. The van der Waals surface area contributed by atoms with Crippen LogP contribution in [0.1, 0.15) is 22.3 Å². The highest BCUT2D eigenvalue weighted by Gasteiger charge is 2.24. The van der Waals surface area contributed by atoms with E-state index < -0.39 is 11.8 Å². The average Bonchev–Trinajstić information content (AvgIpc) is 2.19. The Bertz CT molecular complexity index is 434. The van der Waals surface area contributed by atoms with Gasteiger partial charge < -0.3 is 5.11 Å². The molecule has 1 aliphatic rings. The zero-order valence-corrected chi connectivity index (χ0v) is 9.29. The van der Waals surface area contributed by atoms with Crippen LogP contribution in [0, 0.1) is 5.82 Å². The summed E-state index contributed by atoms with van der Waals surface area (Å²) in [6, 6.07) is 1.34. The van der Waals surface area contributed by atoms with Crippen LogP contribution < -0.4 is 0 Å². The molecule has 80 valence electrons. The molecule has 0 saturated carbocycles. The molecule has 0 radical (unpaired) electrons. The van der Waals surface area contributed by atoms with E-state index in [0.29, 0.717) is 4.90 Å². The molecule has 0 amide bonds. The number of aryl methyl sites for hydroxylation is 1. The molecule has 5 heteroatoms. The molecule has 2 rings (SSSR count). The van der Waals surface area contributed by atoms with Crippen molar-refractivity contribution in [1.29, 1.82) is 0 Å². The minimum absolute atomic E-state index is 0.0867. The van der Waals surface area contributed by atoms with Crippen molar-refractivity contribution in [3.63, 3.8) is 0 Å². The van der Waals surface area contributed by atoms with E-state index in [-0.39, 0.29) is 10.6 Å². The summed E-state index contributed by atoms with van der Waals surface area (Å²) in [4.78, 5) is 11.6. The van der Waals surface area contributed by atoms with Gasteiger partial charge in [0.1, 0.15) is 5.82 Å². The fourth-order valence-corrected chi connectivity index (χ4v) is 3.10. The fourth-order valence-electron chi connectivity index (χ4n) is 1.64. The van der Waals surface area contributed by atoms with Crippen LogP contribution in [0.3, 0.4) is 0 Å². The van der Waals surface area contributed by atoms with Gasteiger partial charge in [0.05, 0.1) is 10.6 Å². The average molecular weight is 247 g/mol. The molecule has 0 saturated heterocycles. The summed E-state index contributed by atoms with van der Waals surface area (Å²) in [5, 5.41) is 8.70. The number of hydrogen-bond acceptors (Lipinski definition) is 2. The van der Waals surface area contributed by atoms with Gasteiger partial charge in [0.25, 0.3) is 0 Å². The molecule has 2 nitrogen and oxygen atoms in total. The number of carboxylic acid groups (broad SMARTS) is 1. The van der Waals surface area contributed by atoms with Gasteiger partial charge in [0, 0.05) is 4.90 Å². The maximum Gasteiger partial charge on any atom is 0.338 e. The van der Waals surface area contributed by atoms with Gasteiger partial charge in [-0.2, -0.15) is 0 Å². The summed E-state index contributed by atoms with van der Waals surface area (Å²) in [5.41, 5.74) is 0.668. The van der Waals surface area contributed by atoms with Gasteiger partial charge in [0.15, 0.2) is 0 Å². The summed E-state index contributed by atoms with van der Waals surface area (Å²) in [5.74, 6) is -0.949. The second kappa shape index (κ2) is 4.02. The zero-order chi connectivity index (χ0) is 11.0. The molecule has 1 aliphatic heterocycles. The normalized spacial score (nSPS) is 14.8. The smallest absolute Gasteiger partial charge is 0.338 e. The van der Waals surface area contributed by atoms with Crippen molar-refractivity contribution >= 4 is 29.3 Å². The number of carboxylic acids is 1. The molecule has 1 N–H and O–H groups in total. The van der Waals surface area contributed by atoms with Gasteiger partial charge in [-0.3, -0.25) is 0 Å². The maximum absolute atomic E-state index is 13.3. The van der Waals surface area contributed by atoms with E-state index in [4.69, 9.17) is 16.7 Å². The number of thioether (sulfide) groups is 1. The zero-order valence-electron chi connectivity index (χ0n) is 7.72. The molecular weight excluding hydrogens is 239 g/mol. The van der Waals surface area contributed by atoms with Gasteiger partial charge >= 0.3 is 5.97 Å². The standard InChI is InChI=1S/C10H8ClFO2S/c11-8-6(12)4-5-2-1-3-15-9(5)7(8)10(13)14/h4H,1-3H2,(H,13,14). The van der Waals surface area contributed by atoms with Gasteiger partial charge in [0.2, 0.25) is 0 Å². The van der Waals surface area contributed by atoms with Crippen molar-refractivity contribution < 1.29 is 14.3 Å². The molecular formula is C10H8ClFO2S. The van der Waals surface area contributed by atoms with Crippen LogP contribution in [0.4, 0.5) is 4.39 Å². The first-order valence-electron chi connectivity index (χ1n) is 4.48. The quantitative estimate of drug-likeness (QED) is 0.827. The van der Waals surface area contributed by atoms with E-state index in [1.165, 1.54) is 17.8 Å². The van der Waals surface area contributed by atoms with E-state index in [9.17, 15) is 9.18 Å². The van der Waals surface area contributed by atoms with E-state index in [1.54, 1.807) is 0 Å². The molecule has 15 heavy (non-hydrogen) atoms. The van der Waals surface area contributed by atoms with Crippen LogP contribution in [0.25, 0.3) is 0 Å². The van der Waals surface area contributed by atoms with E-state index >= 15 is 0 Å². The Morgan fingerprint density at radius 1 is 1.60 bits per heavy atom. The Labute approximate surface area is 95.4 Å². The highest BCUT2D eigenvalue weighted by Crippen LogP contribution is 2.37. The van der Waals surface area contributed by atoms with E-state index in [0.717, 1.165) is 24.2 Å². The molecule has 0 aromatic heterocycles. The lowest BCUT2D eigenvalue weighted by Crippen LogP contribution is -2.09. The molecule has 1 heterocycles. The number of benzene rings is 1. The molecule has 0 unspecified atom stereocenters. The van der Waals surface area contributed by atoms with Crippen LogP contribution in [-0.4, -0.2) is 16.8 Å². The van der Waals surface area contributed by atoms with Crippen molar-refractivity contribution in [2.75, 3.05) is 5.75 Å². The number of hydrogen-bond donors (Lipinski definition) is 1. The lowest BCUT2D eigenvalue weighted by Gasteiger charge is -2.18. The predicted octanol–water partition coefficient (Wildman–Crippen LogP) is 3.22. The van der Waals surface area contributed by atoms with Crippen LogP contribution >= 0.6 is 23.4 Å². The second-order valence-electron chi connectivity index (χ2n) is 3.29. The SMILES string of the molecule is O=C(O)c1c(Cl)c(F)cc2c1SCCC2. The Hall–Kier alpha value is -0.740. The lowest BCUT2D eigenvalue weighted by atomic mass is 10.1. The third-order valence-corrected chi connectivity index (χ3v) is 3.92. The topological polar surface area (TPSA) is 37.3 Å². The van der Waals surface area contributed by atoms with Gasteiger partial charge in [-0.25, -0.2) is 9.18 Å². The number of halogens is 2. The van der Waals surface area contributed by atoms with Crippen LogP contribution in [0.15, 0.2) is 11.0 Å². The first-order chi connectivity index (χ1) is 7.11. The largest absolute Gasteiger partial charge is 0.478 e. The first kappa shape index (κ1) is 10.8. The first-order valence-corrected chi connectivity index (χ1v) is 5.84. The van der Waals surface area contributed by atoms with Crippen LogP contribution in [0.5, 0.6) is 0 Å². The Kier molecular flexibility index (Phi) is 2.89. The van der Waals surface area contributed by atoms with Crippen molar-refractivity contribution in [1.82, 2.24) is 0 Å². The van der Waals surface area contributed by atoms with Gasteiger partial charge in [-0.15, -0.1) is 11.8 Å². The second-order valence-corrected chi connectivity index (χ2v) is 4.78. The highest BCUT2D eigenvalue weighted by atomic mass is 35.5. The number of fused-ring (bicyclic) bond motifs is 1. The predicted molar refractivity (Wildman–Crippen MR) is 57.4 cm³/mol. The lowest BCUT2D eigenvalue weighted by molar-refractivity contribution is 0.0692. The maximum atomic E-state index is 13.3. The molecule has 0 spiro atoms. The molecule has 0 bridgehead atoms. The molecule has 0 atom stereocenters. The van der Waals surface area contributed by atoms with Crippen LogP contribution in [-0.2, 0) is 6.42 Å².